The van der Waals surface area contributed by atoms with Gasteiger partial charge in [0.05, 0.1) is 51.8 Å². The fourth-order valence-corrected chi connectivity index (χ4v) is 4.26. The third-order valence-electron chi connectivity index (χ3n) is 5.82. The number of fused-ring (bicyclic) bond motifs is 2. The highest BCUT2D eigenvalue weighted by atomic mass is 16.5. The van der Waals surface area contributed by atoms with Crippen LogP contribution in [0.5, 0.6) is 0 Å². The molecule has 0 radical (unpaired) electrons. The monoisotopic (exact) mass is 296 g/mol. The van der Waals surface area contributed by atoms with Gasteiger partial charge in [-0.15, -0.1) is 0 Å². The Balaban J connectivity index is 1.22. The third-order valence-corrected chi connectivity index (χ3v) is 5.82. The van der Waals surface area contributed by atoms with Crippen LogP contribution in [-0.4, -0.2) is 51.8 Å². The van der Waals surface area contributed by atoms with Crippen LogP contribution >= 0.6 is 0 Å². The molecule has 4 heteroatoms. The molecule has 0 spiro atoms. The largest absolute Gasteiger partial charge is 0.380 e. The van der Waals surface area contributed by atoms with E-state index in [1.165, 1.54) is 19.3 Å². The molecule has 2 saturated carbocycles. The summed E-state index contributed by atoms with van der Waals surface area (Å²) in [7, 11) is 0. The minimum absolute atomic E-state index is 0.274. The molecule has 2 saturated heterocycles. The maximum atomic E-state index is 6.21. The van der Waals surface area contributed by atoms with Gasteiger partial charge in [0.25, 0.3) is 0 Å². The van der Waals surface area contributed by atoms with E-state index in [1.807, 2.05) is 0 Å². The highest BCUT2D eigenvalue weighted by molar-refractivity contribution is 4.98. The average molecular weight is 296 g/mol. The topological polar surface area (TPSA) is 36.9 Å². The fourth-order valence-electron chi connectivity index (χ4n) is 4.26. The quantitative estimate of drug-likeness (QED) is 0.753. The van der Waals surface area contributed by atoms with Crippen molar-refractivity contribution in [2.75, 3.05) is 39.6 Å². The van der Waals surface area contributed by atoms with Crippen LogP contribution in [-0.2, 0) is 18.9 Å². The summed E-state index contributed by atoms with van der Waals surface area (Å²) in [6.45, 7) is 9.69. The number of hydrogen-bond acceptors (Lipinski definition) is 4. The van der Waals surface area contributed by atoms with Crippen LogP contribution in [0.4, 0.5) is 0 Å². The predicted molar refractivity (Wildman–Crippen MR) is 78.2 cm³/mol. The first-order valence-electron chi connectivity index (χ1n) is 8.44. The lowest BCUT2D eigenvalue weighted by Crippen LogP contribution is -2.46. The smallest absolute Gasteiger partial charge is 0.0608 e. The summed E-state index contributed by atoms with van der Waals surface area (Å²) in [4.78, 5) is 0. The molecule has 4 atom stereocenters. The van der Waals surface area contributed by atoms with Crippen LogP contribution in [0, 0.1) is 22.7 Å². The predicted octanol–water partition coefficient (Wildman–Crippen LogP) is 2.26. The zero-order chi connectivity index (χ0) is 14.5. The first kappa shape index (κ1) is 14.4. The summed E-state index contributed by atoms with van der Waals surface area (Å²) in [6, 6.07) is 0. The molecule has 2 bridgehead atoms. The summed E-state index contributed by atoms with van der Waals surface area (Å²) in [5.74, 6) is 1.44. The summed E-state index contributed by atoms with van der Waals surface area (Å²) in [5.41, 5.74) is 0.549. The van der Waals surface area contributed by atoms with Crippen LogP contribution in [0.25, 0.3) is 0 Å². The van der Waals surface area contributed by atoms with E-state index in [-0.39, 0.29) is 10.8 Å². The molecule has 0 amide bonds. The second kappa shape index (κ2) is 5.19. The van der Waals surface area contributed by atoms with Crippen molar-refractivity contribution in [2.45, 2.75) is 45.3 Å². The number of rotatable bonds is 6. The first-order chi connectivity index (χ1) is 10.1. The van der Waals surface area contributed by atoms with Crippen molar-refractivity contribution in [3.05, 3.63) is 0 Å². The van der Waals surface area contributed by atoms with Gasteiger partial charge in [-0.3, -0.25) is 0 Å². The van der Waals surface area contributed by atoms with Crippen molar-refractivity contribution in [3.8, 4) is 0 Å². The van der Waals surface area contributed by atoms with Crippen molar-refractivity contribution >= 4 is 0 Å². The Labute approximate surface area is 127 Å². The molecule has 4 fully saturated rings. The summed E-state index contributed by atoms with van der Waals surface area (Å²) in [6.07, 6.45) is 4.62. The van der Waals surface area contributed by atoms with E-state index in [0.29, 0.717) is 12.2 Å². The molecule has 2 aliphatic carbocycles. The van der Waals surface area contributed by atoms with Crippen LogP contribution in [0.3, 0.4) is 0 Å². The molecular weight excluding hydrogens is 268 g/mol. The van der Waals surface area contributed by atoms with Crippen LogP contribution in [0.1, 0.15) is 33.1 Å². The van der Waals surface area contributed by atoms with E-state index in [4.69, 9.17) is 18.9 Å². The second-order valence-corrected chi connectivity index (χ2v) is 8.53. The Morgan fingerprint density at radius 3 is 1.48 bits per heavy atom. The van der Waals surface area contributed by atoms with E-state index in [9.17, 15) is 0 Å². The zero-order valence-corrected chi connectivity index (χ0v) is 13.3. The lowest BCUT2D eigenvalue weighted by atomic mass is 9.88. The molecule has 4 unspecified atom stereocenters. The molecule has 21 heavy (non-hydrogen) atoms. The zero-order valence-electron chi connectivity index (χ0n) is 13.3. The first-order valence-corrected chi connectivity index (χ1v) is 8.44. The van der Waals surface area contributed by atoms with Gasteiger partial charge in [0, 0.05) is 10.8 Å². The van der Waals surface area contributed by atoms with E-state index < -0.39 is 0 Å². The van der Waals surface area contributed by atoms with Gasteiger partial charge < -0.3 is 18.9 Å². The van der Waals surface area contributed by atoms with E-state index in [0.717, 1.165) is 51.5 Å². The van der Waals surface area contributed by atoms with E-state index >= 15 is 0 Å². The van der Waals surface area contributed by atoms with Gasteiger partial charge in [-0.1, -0.05) is 13.8 Å². The van der Waals surface area contributed by atoms with Gasteiger partial charge in [-0.25, -0.2) is 0 Å². The van der Waals surface area contributed by atoms with Crippen LogP contribution in [0.15, 0.2) is 0 Å². The second-order valence-electron chi connectivity index (χ2n) is 8.53. The number of hydrogen-bond donors (Lipinski definition) is 0. The van der Waals surface area contributed by atoms with E-state index in [2.05, 4.69) is 13.8 Å². The lowest BCUT2D eigenvalue weighted by molar-refractivity contribution is -0.167. The fraction of sp³-hybridized carbons (Fsp3) is 1.00. The molecule has 4 rings (SSSR count). The van der Waals surface area contributed by atoms with Gasteiger partial charge in [0.2, 0.25) is 0 Å². The molecule has 4 nitrogen and oxygen atoms in total. The molecule has 2 aliphatic heterocycles. The van der Waals surface area contributed by atoms with Gasteiger partial charge in [-0.05, 0) is 31.1 Å². The Morgan fingerprint density at radius 2 is 1.19 bits per heavy atom. The van der Waals surface area contributed by atoms with Gasteiger partial charge in [0.1, 0.15) is 0 Å². The molecule has 0 aromatic rings. The Morgan fingerprint density at radius 1 is 0.762 bits per heavy atom. The molecular formula is C17H28O4. The van der Waals surface area contributed by atoms with Crippen LogP contribution in [0.2, 0.25) is 0 Å². The van der Waals surface area contributed by atoms with Gasteiger partial charge in [0.15, 0.2) is 0 Å². The van der Waals surface area contributed by atoms with Crippen molar-refractivity contribution in [3.63, 3.8) is 0 Å². The SMILES string of the molecule is CC1(COC2CC3CC2CC3OCC2(C)COC2)COC1. The maximum absolute atomic E-state index is 6.21. The number of ether oxygens (including phenoxy) is 4. The molecule has 0 aromatic heterocycles. The maximum Gasteiger partial charge on any atom is 0.0608 e. The Bertz CT molecular complexity index is 352. The van der Waals surface area contributed by atoms with Gasteiger partial charge in [-0.2, -0.15) is 0 Å². The minimum atomic E-state index is 0.274. The molecule has 2 heterocycles. The average Bonchev–Trinajstić information content (AvgIpc) is 2.98. The highest BCUT2D eigenvalue weighted by Gasteiger charge is 2.48. The Kier molecular flexibility index (Phi) is 3.57. The standard InChI is InChI=1S/C17H28O4/c1-16(6-18-7-16)10-20-14-4-13-3-12(14)5-15(13)21-11-17(2)8-19-9-17/h12-15H,3-11H2,1-2H3. The van der Waals surface area contributed by atoms with Crippen molar-refractivity contribution in [1.29, 1.82) is 0 Å². The molecule has 0 aromatic carbocycles. The van der Waals surface area contributed by atoms with Gasteiger partial charge >= 0.3 is 0 Å². The third kappa shape index (κ3) is 2.76. The summed E-state index contributed by atoms with van der Waals surface area (Å²) in [5, 5.41) is 0. The molecule has 0 N–H and O–H groups in total. The summed E-state index contributed by atoms with van der Waals surface area (Å²) < 4.78 is 23.0. The van der Waals surface area contributed by atoms with Crippen molar-refractivity contribution in [2.24, 2.45) is 22.7 Å². The van der Waals surface area contributed by atoms with Crippen molar-refractivity contribution in [1.82, 2.24) is 0 Å². The lowest BCUT2D eigenvalue weighted by Gasteiger charge is -2.40. The normalized spacial score (nSPS) is 42.6. The molecule has 4 aliphatic rings. The highest BCUT2D eigenvalue weighted by Crippen LogP contribution is 2.48. The van der Waals surface area contributed by atoms with Crippen LogP contribution < -0.4 is 0 Å². The van der Waals surface area contributed by atoms with E-state index in [1.54, 1.807) is 0 Å². The summed E-state index contributed by atoms with van der Waals surface area (Å²) >= 11 is 0. The minimum Gasteiger partial charge on any atom is -0.380 e. The van der Waals surface area contributed by atoms with Crippen molar-refractivity contribution < 1.29 is 18.9 Å². The Hall–Kier alpha value is -0.160. The molecule has 120 valence electrons.